The van der Waals surface area contributed by atoms with Crippen molar-refractivity contribution in [2.24, 2.45) is 0 Å². The Morgan fingerprint density at radius 2 is 1.27 bits per heavy atom. The normalized spacial score (nSPS) is 14.8. The molecule has 2 aromatic rings. The molecular formula is C20H20Cl2N2O2. The van der Waals surface area contributed by atoms with Gasteiger partial charge in [0.25, 0.3) is 0 Å². The van der Waals surface area contributed by atoms with E-state index >= 15 is 0 Å². The molecule has 0 atom stereocenters. The zero-order valence-electron chi connectivity index (χ0n) is 14.3. The molecule has 3 rings (SSSR count). The zero-order chi connectivity index (χ0) is 18.5. The first-order valence-electron chi connectivity index (χ1n) is 8.61. The Labute approximate surface area is 163 Å². The quantitative estimate of drug-likeness (QED) is 0.731. The maximum atomic E-state index is 12.7. The predicted octanol–water partition coefficient (Wildman–Crippen LogP) is 4.43. The van der Waals surface area contributed by atoms with Crippen LogP contribution in [0.4, 0.5) is 4.79 Å². The van der Waals surface area contributed by atoms with Crippen molar-refractivity contribution < 1.29 is 9.59 Å². The fourth-order valence-corrected chi connectivity index (χ4v) is 3.23. The second-order valence-electron chi connectivity index (χ2n) is 6.32. The van der Waals surface area contributed by atoms with Gasteiger partial charge in [0.05, 0.1) is 0 Å². The van der Waals surface area contributed by atoms with E-state index in [9.17, 15) is 9.59 Å². The summed E-state index contributed by atoms with van der Waals surface area (Å²) in [6.45, 7) is 1.45. The summed E-state index contributed by atoms with van der Waals surface area (Å²) >= 11 is 11.8. The van der Waals surface area contributed by atoms with Crippen LogP contribution in [0.25, 0.3) is 0 Å². The van der Waals surface area contributed by atoms with Crippen molar-refractivity contribution in [1.29, 1.82) is 0 Å². The lowest BCUT2D eigenvalue weighted by molar-refractivity contribution is -0.130. The Kier molecular flexibility index (Phi) is 6.17. The van der Waals surface area contributed by atoms with Crippen LogP contribution >= 0.6 is 23.2 Å². The first kappa shape index (κ1) is 18.7. The molecule has 1 aliphatic rings. The molecule has 4 nitrogen and oxygen atoms in total. The largest absolute Gasteiger partial charge is 0.326 e. The zero-order valence-corrected chi connectivity index (χ0v) is 15.8. The third-order valence-electron chi connectivity index (χ3n) is 4.52. The van der Waals surface area contributed by atoms with Gasteiger partial charge in [-0.1, -0.05) is 47.5 Å². The Morgan fingerprint density at radius 1 is 0.769 bits per heavy atom. The van der Waals surface area contributed by atoms with Gasteiger partial charge < -0.3 is 4.90 Å². The van der Waals surface area contributed by atoms with E-state index in [4.69, 9.17) is 23.2 Å². The van der Waals surface area contributed by atoms with Crippen molar-refractivity contribution in [3.63, 3.8) is 0 Å². The molecule has 6 heteroatoms. The monoisotopic (exact) mass is 390 g/mol. The highest BCUT2D eigenvalue weighted by molar-refractivity contribution is 6.30. The van der Waals surface area contributed by atoms with Gasteiger partial charge in [-0.3, -0.25) is 9.69 Å². The molecule has 1 saturated heterocycles. The molecule has 1 aliphatic heterocycles. The van der Waals surface area contributed by atoms with E-state index in [0.717, 1.165) is 17.5 Å². The fraction of sp³-hybridized carbons (Fsp3) is 0.300. The summed E-state index contributed by atoms with van der Waals surface area (Å²) in [4.78, 5) is 28.0. The number of hydrogen-bond donors (Lipinski definition) is 0. The van der Waals surface area contributed by atoms with Crippen LogP contribution < -0.4 is 0 Å². The number of halogens is 2. The van der Waals surface area contributed by atoms with Crippen molar-refractivity contribution in [3.8, 4) is 0 Å². The van der Waals surface area contributed by atoms with Crippen LogP contribution in [0.3, 0.4) is 0 Å². The van der Waals surface area contributed by atoms with E-state index < -0.39 is 0 Å². The van der Waals surface area contributed by atoms with Crippen molar-refractivity contribution in [2.45, 2.75) is 19.3 Å². The van der Waals surface area contributed by atoms with Crippen LogP contribution in [0.1, 0.15) is 17.5 Å². The number of nitrogens with zero attached hydrogens (tertiary/aromatic N) is 2. The lowest BCUT2D eigenvalue weighted by Gasteiger charge is -2.34. The van der Waals surface area contributed by atoms with Gasteiger partial charge in [-0.05, 0) is 48.2 Å². The van der Waals surface area contributed by atoms with Crippen LogP contribution in [-0.4, -0.2) is 41.4 Å². The maximum Gasteiger partial charge on any atom is 0.326 e. The lowest BCUT2D eigenvalue weighted by atomic mass is 10.1. The van der Waals surface area contributed by atoms with Crippen LogP contribution in [-0.2, 0) is 17.6 Å². The molecule has 0 bridgehead atoms. The molecular weight excluding hydrogens is 371 g/mol. The number of amides is 3. The van der Waals surface area contributed by atoms with Crippen molar-refractivity contribution in [1.82, 2.24) is 9.80 Å². The van der Waals surface area contributed by atoms with E-state index in [1.54, 1.807) is 4.90 Å². The van der Waals surface area contributed by atoms with Gasteiger partial charge in [0.15, 0.2) is 0 Å². The maximum absolute atomic E-state index is 12.7. The first-order valence-corrected chi connectivity index (χ1v) is 9.37. The molecule has 136 valence electrons. The average molecular weight is 391 g/mol. The molecule has 0 saturated carbocycles. The van der Waals surface area contributed by atoms with Gasteiger partial charge in [0.2, 0.25) is 5.91 Å². The Balaban J connectivity index is 1.57. The second-order valence-corrected chi connectivity index (χ2v) is 7.19. The highest BCUT2D eigenvalue weighted by Crippen LogP contribution is 2.16. The standard InChI is InChI=1S/C20H20Cl2N2O2/c21-17-5-1-15(2-6-17)9-12-23-13-11-19(25)24(20(23)26)14-10-16-3-7-18(22)8-4-16/h1-8H,9-14H2. The van der Waals surface area contributed by atoms with E-state index in [-0.39, 0.29) is 11.9 Å². The van der Waals surface area contributed by atoms with Gasteiger partial charge >= 0.3 is 6.03 Å². The van der Waals surface area contributed by atoms with Crippen LogP contribution in [0, 0.1) is 0 Å². The summed E-state index contributed by atoms with van der Waals surface area (Å²) < 4.78 is 0. The number of carbonyl (C=O) groups is 2. The number of carbonyl (C=O) groups excluding carboxylic acids is 2. The lowest BCUT2D eigenvalue weighted by Crippen LogP contribution is -2.53. The van der Waals surface area contributed by atoms with Crippen molar-refractivity contribution in [2.75, 3.05) is 19.6 Å². The molecule has 0 N–H and O–H groups in total. The van der Waals surface area contributed by atoms with E-state index in [1.165, 1.54) is 4.90 Å². The number of rotatable bonds is 6. The minimum atomic E-state index is -0.204. The van der Waals surface area contributed by atoms with E-state index in [0.29, 0.717) is 42.5 Å². The third kappa shape index (κ3) is 4.77. The molecule has 2 aromatic carbocycles. The molecule has 26 heavy (non-hydrogen) atoms. The molecule has 3 amide bonds. The third-order valence-corrected chi connectivity index (χ3v) is 5.02. The molecule has 0 aromatic heterocycles. The number of benzene rings is 2. The number of imide groups is 1. The summed E-state index contributed by atoms with van der Waals surface area (Å²) in [6.07, 6.45) is 1.73. The van der Waals surface area contributed by atoms with Gasteiger partial charge in [0.1, 0.15) is 0 Å². The molecule has 0 spiro atoms. The van der Waals surface area contributed by atoms with E-state index in [2.05, 4.69) is 0 Å². The first-order chi connectivity index (χ1) is 12.5. The molecule has 0 unspecified atom stereocenters. The van der Waals surface area contributed by atoms with Gasteiger partial charge in [-0.2, -0.15) is 0 Å². The Hall–Kier alpha value is -2.04. The second kappa shape index (κ2) is 8.56. The molecule has 1 heterocycles. The SMILES string of the molecule is O=C1CCN(CCc2ccc(Cl)cc2)C(=O)N1CCc1ccc(Cl)cc1. The molecule has 0 radical (unpaired) electrons. The van der Waals surface area contributed by atoms with Crippen molar-refractivity contribution in [3.05, 3.63) is 69.7 Å². The van der Waals surface area contributed by atoms with Crippen LogP contribution in [0.15, 0.2) is 48.5 Å². The summed E-state index contributed by atoms with van der Waals surface area (Å²) in [5.41, 5.74) is 2.17. The Bertz CT molecular complexity index is 775. The predicted molar refractivity (Wildman–Crippen MR) is 104 cm³/mol. The summed E-state index contributed by atoms with van der Waals surface area (Å²) in [5, 5.41) is 1.37. The molecule has 1 fully saturated rings. The number of urea groups is 1. The molecule has 0 aliphatic carbocycles. The van der Waals surface area contributed by atoms with Gasteiger partial charge in [0, 0.05) is 36.1 Å². The van der Waals surface area contributed by atoms with Crippen LogP contribution in [0.5, 0.6) is 0 Å². The minimum absolute atomic E-state index is 0.105. The fourth-order valence-electron chi connectivity index (χ4n) is 2.97. The minimum Gasteiger partial charge on any atom is -0.323 e. The van der Waals surface area contributed by atoms with Crippen LogP contribution in [0.2, 0.25) is 10.0 Å². The summed E-state index contributed by atoms with van der Waals surface area (Å²) in [6, 6.07) is 14.9. The van der Waals surface area contributed by atoms with Gasteiger partial charge in [-0.15, -0.1) is 0 Å². The highest BCUT2D eigenvalue weighted by atomic mass is 35.5. The average Bonchev–Trinajstić information content (AvgIpc) is 2.64. The summed E-state index contributed by atoms with van der Waals surface area (Å²) in [5.74, 6) is -0.105. The Morgan fingerprint density at radius 3 is 1.81 bits per heavy atom. The van der Waals surface area contributed by atoms with Crippen molar-refractivity contribution >= 4 is 35.1 Å². The number of hydrogen-bond acceptors (Lipinski definition) is 2. The topological polar surface area (TPSA) is 40.6 Å². The highest BCUT2D eigenvalue weighted by Gasteiger charge is 2.31. The van der Waals surface area contributed by atoms with E-state index in [1.807, 2.05) is 48.5 Å². The smallest absolute Gasteiger partial charge is 0.323 e. The summed E-state index contributed by atoms with van der Waals surface area (Å²) in [7, 11) is 0. The van der Waals surface area contributed by atoms with Gasteiger partial charge in [-0.25, -0.2) is 4.79 Å².